The van der Waals surface area contributed by atoms with Crippen molar-refractivity contribution >= 4 is 35.8 Å². The lowest BCUT2D eigenvalue weighted by molar-refractivity contribution is -0.134. The van der Waals surface area contributed by atoms with Gasteiger partial charge >= 0.3 is 0 Å². The third kappa shape index (κ3) is 5.97. The van der Waals surface area contributed by atoms with Crippen molar-refractivity contribution in [2.24, 2.45) is 16.8 Å². The van der Waals surface area contributed by atoms with Crippen LogP contribution in [0.2, 0.25) is 0 Å². The highest BCUT2D eigenvalue weighted by Crippen LogP contribution is 2.27. The molecule has 3 aliphatic rings. The van der Waals surface area contributed by atoms with Gasteiger partial charge in [-0.2, -0.15) is 0 Å². The van der Waals surface area contributed by atoms with Crippen LogP contribution in [0.25, 0.3) is 0 Å². The molecule has 0 spiro atoms. The maximum absolute atomic E-state index is 12.6. The van der Waals surface area contributed by atoms with E-state index >= 15 is 0 Å². The first-order valence-corrected chi connectivity index (χ1v) is 10.1. The quantitative estimate of drug-likeness (QED) is 0.369. The van der Waals surface area contributed by atoms with Crippen LogP contribution in [0, 0.1) is 11.8 Å². The highest BCUT2D eigenvalue weighted by Gasteiger charge is 2.32. The van der Waals surface area contributed by atoms with Gasteiger partial charge in [-0.15, -0.1) is 24.0 Å². The average molecular weight is 477 g/mol. The molecule has 2 N–H and O–H groups in total. The number of aliphatic imine (C=N–C) groups is 1. The molecule has 1 saturated carbocycles. The lowest BCUT2D eigenvalue weighted by Crippen LogP contribution is -2.48. The highest BCUT2D eigenvalue weighted by molar-refractivity contribution is 14.0. The lowest BCUT2D eigenvalue weighted by Gasteiger charge is -2.30. The number of nitrogens with one attached hydrogen (secondary N) is 2. The van der Waals surface area contributed by atoms with Gasteiger partial charge in [-0.3, -0.25) is 9.79 Å². The van der Waals surface area contributed by atoms with Crippen LogP contribution in [-0.4, -0.2) is 74.5 Å². The standard InChI is InChI=1S/C19H35N5O.HI/c1-20-19(21-12-15-6-5-10-23(2)13-15)22-17-9-11-24(14-17)18(25)16-7-3-4-8-16;/h15-17H,3-14H2,1-2H3,(H2,20,21,22);1H. The summed E-state index contributed by atoms with van der Waals surface area (Å²) in [5.74, 6) is 2.25. The second-order valence-electron chi connectivity index (χ2n) is 8.12. The molecule has 1 aliphatic carbocycles. The fourth-order valence-corrected chi connectivity index (χ4v) is 4.58. The number of rotatable bonds is 4. The number of hydrogen-bond acceptors (Lipinski definition) is 3. The molecule has 0 aromatic carbocycles. The predicted molar refractivity (Wildman–Crippen MR) is 117 cm³/mol. The summed E-state index contributed by atoms with van der Waals surface area (Å²) in [5, 5.41) is 7.02. The number of amides is 1. The normalized spacial score (nSPS) is 28.1. The van der Waals surface area contributed by atoms with Crippen molar-refractivity contribution in [1.82, 2.24) is 20.4 Å². The number of carbonyl (C=O) groups excluding carboxylic acids is 1. The van der Waals surface area contributed by atoms with Gasteiger partial charge in [0.2, 0.25) is 5.91 Å². The van der Waals surface area contributed by atoms with E-state index in [1.807, 2.05) is 7.05 Å². The minimum Gasteiger partial charge on any atom is -0.356 e. The Morgan fingerprint density at radius 1 is 1.08 bits per heavy atom. The van der Waals surface area contributed by atoms with Crippen LogP contribution in [0.15, 0.2) is 4.99 Å². The molecule has 6 nitrogen and oxygen atoms in total. The number of likely N-dealkylation sites (tertiary alicyclic amines) is 2. The zero-order valence-electron chi connectivity index (χ0n) is 16.4. The maximum atomic E-state index is 12.6. The van der Waals surface area contributed by atoms with Crippen LogP contribution >= 0.6 is 24.0 Å². The van der Waals surface area contributed by atoms with Crippen LogP contribution in [0.3, 0.4) is 0 Å². The highest BCUT2D eigenvalue weighted by atomic mass is 127. The van der Waals surface area contributed by atoms with Crippen LogP contribution < -0.4 is 10.6 Å². The Kier molecular flexibility index (Phi) is 8.93. The summed E-state index contributed by atoms with van der Waals surface area (Å²) in [6.45, 7) is 5.06. The van der Waals surface area contributed by atoms with E-state index in [0.717, 1.165) is 51.4 Å². The van der Waals surface area contributed by atoms with Gasteiger partial charge in [0, 0.05) is 45.2 Å². The van der Waals surface area contributed by atoms with Crippen LogP contribution in [0.4, 0.5) is 0 Å². The van der Waals surface area contributed by atoms with E-state index in [9.17, 15) is 4.79 Å². The van der Waals surface area contributed by atoms with E-state index < -0.39 is 0 Å². The van der Waals surface area contributed by atoms with E-state index in [-0.39, 0.29) is 24.0 Å². The number of guanidine groups is 1. The molecular weight excluding hydrogens is 441 g/mol. The summed E-state index contributed by atoms with van der Waals surface area (Å²) in [6, 6.07) is 0.325. The Labute approximate surface area is 175 Å². The molecule has 0 radical (unpaired) electrons. The zero-order valence-corrected chi connectivity index (χ0v) is 18.7. The van der Waals surface area contributed by atoms with Gasteiger partial charge < -0.3 is 20.4 Å². The Balaban J connectivity index is 0.00000243. The molecule has 2 heterocycles. The van der Waals surface area contributed by atoms with Gasteiger partial charge in [-0.05, 0) is 51.6 Å². The molecule has 0 aromatic rings. The van der Waals surface area contributed by atoms with Crippen molar-refractivity contribution in [2.75, 3.05) is 46.8 Å². The Bertz CT molecular complexity index is 481. The molecule has 2 saturated heterocycles. The van der Waals surface area contributed by atoms with Gasteiger partial charge in [0.05, 0.1) is 0 Å². The summed E-state index contributed by atoms with van der Waals surface area (Å²) >= 11 is 0. The van der Waals surface area contributed by atoms with Crippen molar-refractivity contribution in [3.05, 3.63) is 0 Å². The maximum Gasteiger partial charge on any atom is 0.225 e. The third-order valence-electron chi connectivity index (χ3n) is 6.05. The summed E-state index contributed by atoms with van der Waals surface area (Å²) in [7, 11) is 4.03. The van der Waals surface area contributed by atoms with Gasteiger partial charge in [-0.25, -0.2) is 0 Å². The van der Waals surface area contributed by atoms with Gasteiger partial charge in [-0.1, -0.05) is 12.8 Å². The van der Waals surface area contributed by atoms with E-state index in [1.54, 1.807) is 0 Å². The molecule has 2 aliphatic heterocycles. The molecular formula is C19H36IN5O. The van der Waals surface area contributed by atoms with Crippen molar-refractivity contribution in [3.63, 3.8) is 0 Å². The number of carbonyl (C=O) groups is 1. The number of nitrogens with zero attached hydrogens (tertiary/aromatic N) is 3. The summed E-state index contributed by atoms with van der Waals surface area (Å²) in [4.78, 5) is 21.4. The largest absolute Gasteiger partial charge is 0.356 e. The molecule has 3 rings (SSSR count). The molecule has 3 fully saturated rings. The van der Waals surface area contributed by atoms with Gasteiger partial charge in [0.15, 0.2) is 5.96 Å². The molecule has 0 bridgehead atoms. The number of piperidine rings is 1. The summed E-state index contributed by atoms with van der Waals surface area (Å²) in [5.41, 5.74) is 0. The fourth-order valence-electron chi connectivity index (χ4n) is 4.58. The van der Waals surface area contributed by atoms with E-state index in [4.69, 9.17) is 0 Å². The minimum atomic E-state index is 0. The second-order valence-corrected chi connectivity index (χ2v) is 8.12. The lowest BCUT2D eigenvalue weighted by atomic mass is 9.99. The number of halogens is 1. The summed E-state index contributed by atoms with van der Waals surface area (Å²) < 4.78 is 0. The van der Waals surface area contributed by atoms with Crippen molar-refractivity contribution < 1.29 is 4.79 Å². The zero-order chi connectivity index (χ0) is 17.6. The smallest absolute Gasteiger partial charge is 0.225 e. The molecule has 26 heavy (non-hydrogen) atoms. The molecule has 2 unspecified atom stereocenters. The van der Waals surface area contributed by atoms with E-state index in [1.165, 1.54) is 32.2 Å². The van der Waals surface area contributed by atoms with Crippen molar-refractivity contribution in [1.29, 1.82) is 0 Å². The van der Waals surface area contributed by atoms with Crippen LogP contribution in [0.1, 0.15) is 44.9 Å². The SMILES string of the molecule is CN=C(NCC1CCCN(C)C1)NC1CCN(C(=O)C2CCCC2)C1.I. The first-order valence-electron chi connectivity index (χ1n) is 10.1. The topological polar surface area (TPSA) is 60.0 Å². The molecule has 150 valence electrons. The van der Waals surface area contributed by atoms with Crippen molar-refractivity contribution in [2.45, 2.75) is 51.0 Å². The van der Waals surface area contributed by atoms with Crippen LogP contribution in [-0.2, 0) is 4.79 Å². The minimum absolute atomic E-state index is 0. The molecule has 2 atom stereocenters. The monoisotopic (exact) mass is 477 g/mol. The van der Waals surface area contributed by atoms with Crippen LogP contribution in [0.5, 0.6) is 0 Å². The third-order valence-corrected chi connectivity index (χ3v) is 6.05. The van der Waals surface area contributed by atoms with E-state index in [2.05, 4.69) is 32.5 Å². The summed E-state index contributed by atoms with van der Waals surface area (Å²) in [6.07, 6.45) is 8.22. The second kappa shape index (κ2) is 10.7. The van der Waals surface area contributed by atoms with E-state index in [0.29, 0.717) is 23.8 Å². The Morgan fingerprint density at radius 3 is 2.54 bits per heavy atom. The number of hydrogen-bond donors (Lipinski definition) is 2. The average Bonchev–Trinajstić information content (AvgIpc) is 3.30. The first kappa shape index (κ1) is 21.7. The predicted octanol–water partition coefficient (Wildman–Crippen LogP) is 1.90. The first-order chi connectivity index (χ1) is 12.2. The van der Waals surface area contributed by atoms with Gasteiger partial charge in [0.25, 0.3) is 0 Å². The Hall–Kier alpha value is -0.570. The fraction of sp³-hybridized carbons (Fsp3) is 0.895. The van der Waals surface area contributed by atoms with Gasteiger partial charge in [0.1, 0.15) is 0 Å². The van der Waals surface area contributed by atoms with Crippen molar-refractivity contribution in [3.8, 4) is 0 Å². The molecule has 1 amide bonds. The molecule has 7 heteroatoms. The Morgan fingerprint density at radius 2 is 1.85 bits per heavy atom. The molecule has 0 aromatic heterocycles.